The Hall–Kier alpha value is -3.95. The first-order valence-electron chi connectivity index (χ1n) is 10.6. The molecular weight excluding hydrogens is 468 g/mol. The van der Waals surface area contributed by atoms with Gasteiger partial charge in [-0.3, -0.25) is 29.0 Å². The van der Waals surface area contributed by atoms with E-state index >= 15 is 0 Å². The van der Waals surface area contributed by atoms with Crippen molar-refractivity contribution in [3.05, 3.63) is 0 Å². The van der Waals surface area contributed by atoms with E-state index in [1.165, 1.54) is 0 Å². The lowest BCUT2D eigenvalue weighted by molar-refractivity contribution is -0.147. The molecule has 0 bridgehead atoms. The number of carbonyl (C=O) groups is 6. The van der Waals surface area contributed by atoms with Gasteiger partial charge in [0, 0.05) is 6.54 Å². The van der Waals surface area contributed by atoms with Gasteiger partial charge >= 0.3 is 11.9 Å². The summed E-state index contributed by atoms with van der Waals surface area (Å²) in [6.45, 7) is 3.52. The third-order valence-electron chi connectivity index (χ3n) is 4.63. The fourth-order valence-electron chi connectivity index (χ4n) is 2.67. The number of nitrogens with one attached hydrogen (secondary N) is 3. The van der Waals surface area contributed by atoms with Gasteiger partial charge in [-0.05, 0) is 18.8 Å². The Morgan fingerprint density at radius 1 is 0.800 bits per heavy atom. The minimum atomic E-state index is -1.83. The van der Waals surface area contributed by atoms with Crippen LogP contribution in [0.4, 0.5) is 0 Å². The van der Waals surface area contributed by atoms with Crippen LogP contribution in [0.1, 0.15) is 39.5 Å². The van der Waals surface area contributed by atoms with Crippen LogP contribution in [0.25, 0.3) is 0 Å². The van der Waals surface area contributed by atoms with Crippen LogP contribution in [0, 0.1) is 5.92 Å². The largest absolute Gasteiger partial charge is 0.481 e. The number of hydrogen-bond donors (Lipinski definition) is 9. The molecule has 0 aromatic rings. The maximum absolute atomic E-state index is 12.9. The van der Waals surface area contributed by atoms with Crippen LogP contribution >= 0.6 is 0 Å². The van der Waals surface area contributed by atoms with Gasteiger partial charge in [0.1, 0.15) is 18.1 Å². The summed E-state index contributed by atoms with van der Waals surface area (Å²) in [5, 5.41) is 24.6. The monoisotopic (exact) mass is 502 g/mol. The summed E-state index contributed by atoms with van der Waals surface area (Å²) in [5.41, 5.74) is 21.5. The number of amides is 4. The number of aliphatic carboxylic acids is 2. The zero-order chi connectivity index (χ0) is 27.3. The van der Waals surface area contributed by atoms with E-state index in [1.807, 2.05) is 5.32 Å². The third-order valence-corrected chi connectivity index (χ3v) is 4.63. The standard InChI is InChI=1S/C19H34N8O8/c1-8(2)14(21)17(33)25-9(4-3-5-24-19(22)23)15(31)26-10(6-12(20)28)16(32)27-11(18(34)35)7-13(29)30/h8-11,14H,3-7,21H2,1-2H3,(H2,20,28)(H,25,33)(H,26,31)(H,27,32)(H,29,30)(H,34,35)(H4,22,23,24). The second kappa shape index (κ2) is 15.0. The average molecular weight is 503 g/mol. The normalized spacial score (nSPS) is 14.1. The van der Waals surface area contributed by atoms with Gasteiger partial charge in [0.25, 0.3) is 0 Å². The molecule has 0 aliphatic rings. The average Bonchev–Trinajstić information content (AvgIpc) is 2.72. The molecule has 16 nitrogen and oxygen atoms in total. The summed E-state index contributed by atoms with van der Waals surface area (Å²) in [7, 11) is 0. The summed E-state index contributed by atoms with van der Waals surface area (Å²) in [6, 6.07) is -5.64. The highest BCUT2D eigenvalue weighted by Crippen LogP contribution is 2.05. The molecule has 0 radical (unpaired) electrons. The van der Waals surface area contributed by atoms with Crippen molar-refractivity contribution < 1.29 is 39.0 Å². The van der Waals surface area contributed by atoms with Crippen LogP contribution in [0.2, 0.25) is 0 Å². The second-order valence-electron chi connectivity index (χ2n) is 8.01. The van der Waals surface area contributed by atoms with E-state index in [2.05, 4.69) is 15.6 Å². The third kappa shape index (κ3) is 12.8. The van der Waals surface area contributed by atoms with E-state index in [1.54, 1.807) is 13.8 Å². The highest BCUT2D eigenvalue weighted by molar-refractivity contribution is 5.96. The molecular formula is C19H34N8O8. The Morgan fingerprint density at radius 2 is 1.31 bits per heavy atom. The van der Waals surface area contributed by atoms with Crippen LogP contribution < -0.4 is 38.9 Å². The van der Waals surface area contributed by atoms with Gasteiger partial charge in [0.05, 0.1) is 18.9 Å². The maximum Gasteiger partial charge on any atom is 0.326 e. The van der Waals surface area contributed by atoms with Crippen LogP contribution in [-0.4, -0.2) is 82.5 Å². The smallest absolute Gasteiger partial charge is 0.326 e. The molecule has 4 amide bonds. The lowest BCUT2D eigenvalue weighted by Gasteiger charge is -2.25. The lowest BCUT2D eigenvalue weighted by atomic mass is 10.0. The van der Waals surface area contributed by atoms with E-state index in [0.717, 1.165) is 0 Å². The SMILES string of the molecule is CC(C)C(N)C(=O)NC(CCCN=C(N)N)C(=O)NC(CC(N)=O)C(=O)NC(CC(=O)O)C(=O)O. The summed E-state index contributed by atoms with van der Waals surface area (Å²) in [4.78, 5) is 75.1. The molecule has 35 heavy (non-hydrogen) atoms. The first-order valence-corrected chi connectivity index (χ1v) is 10.6. The quantitative estimate of drug-likeness (QED) is 0.0555. The molecule has 0 saturated heterocycles. The van der Waals surface area contributed by atoms with Crippen molar-refractivity contribution >= 4 is 41.5 Å². The van der Waals surface area contributed by atoms with Crippen molar-refractivity contribution in [2.75, 3.05) is 6.54 Å². The minimum absolute atomic E-state index is 0.0147. The van der Waals surface area contributed by atoms with E-state index in [9.17, 15) is 28.8 Å². The topological polar surface area (TPSA) is 295 Å². The van der Waals surface area contributed by atoms with Crippen molar-refractivity contribution in [3.63, 3.8) is 0 Å². The Morgan fingerprint density at radius 3 is 1.77 bits per heavy atom. The number of primary amides is 1. The minimum Gasteiger partial charge on any atom is -0.481 e. The number of hydrogen-bond acceptors (Lipinski definition) is 8. The molecule has 0 heterocycles. The van der Waals surface area contributed by atoms with Gasteiger partial charge in [-0.25, -0.2) is 4.79 Å². The van der Waals surface area contributed by atoms with Gasteiger partial charge in [0.2, 0.25) is 23.6 Å². The number of aliphatic imine (C=N–C) groups is 1. The van der Waals surface area contributed by atoms with E-state index in [-0.39, 0.29) is 31.3 Å². The molecule has 198 valence electrons. The number of carboxylic acids is 2. The Bertz CT molecular complexity index is 828. The van der Waals surface area contributed by atoms with Crippen molar-refractivity contribution in [2.24, 2.45) is 33.8 Å². The fourth-order valence-corrected chi connectivity index (χ4v) is 2.67. The highest BCUT2D eigenvalue weighted by atomic mass is 16.4. The van der Waals surface area contributed by atoms with Crippen LogP contribution in [-0.2, 0) is 28.8 Å². The summed E-state index contributed by atoms with van der Waals surface area (Å²) >= 11 is 0. The first-order chi connectivity index (χ1) is 16.1. The van der Waals surface area contributed by atoms with Gasteiger partial charge in [0.15, 0.2) is 5.96 Å². The number of nitrogens with zero attached hydrogens (tertiary/aromatic N) is 1. The summed E-state index contributed by atoms with van der Waals surface area (Å²) in [5.74, 6) is -7.28. The zero-order valence-electron chi connectivity index (χ0n) is 19.5. The second-order valence-corrected chi connectivity index (χ2v) is 8.01. The Labute approximate surface area is 201 Å². The number of carbonyl (C=O) groups excluding carboxylic acids is 4. The lowest BCUT2D eigenvalue weighted by Crippen LogP contribution is -2.58. The summed E-state index contributed by atoms with van der Waals surface area (Å²) in [6.07, 6.45) is -1.42. The molecule has 13 N–H and O–H groups in total. The molecule has 0 aromatic heterocycles. The van der Waals surface area contributed by atoms with Crippen molar-refractivity contribution in [1.82, 2.24) is 16.0 Å². The number of rotatable bonds is 16. The number of guanidine groups is 1. The van der Waals surface area contributed by atoms with Crippen molar-refractivity contribution in [3.8, 4) is 0 Å². The van der Waals surface area contributed by atoms with Gasteiger partial charge in [-0.15, -0.1) is 0 Å². The first kappa shape index (κ1) is 31.0. The Kier molecular flexibility index (Phi) is 13.4. The molecule has 4 atom stereocenters. The zero-order valence-corrected chi connectivity index (χ0v) is 19.5. The summed E-state index contributed by atoms with van der Waals surface area (Å²) < 4.78 is 0. The highest BCUT2D eigenvalue weighted by Gasteiger charge is 2.32. The molecule has 4 unspecified atom stereocenters. The van der Waals surface area contributed by atoms with Gasteiger partial charge in [-0.2, -0.15) is 0 Å². The molecule has 0 aliphatic heterocycles. The maximum atomic E-state index is 12.9. The van der Waals surface area contributed by atoms with Crippen LogP contribution in [0.15, 0.2) is 4.99 Å². The molecule has 0 fully saturated rings. The predicted molar refractivity (Wildman–Crippen MR) is 122 cm³/mol. The van der Waals surface area contributed by atoms with Gasteiger partial charge < -0.3 is 49.1 Å². The predicted octanol–water partition coefficient (Wildman–Crippen LogP) is -4.09. The van der Waals surface area contributed by atoms with Gasteiger partial charge in [-0.1, -0.05) is 13.8 Å². The number of carboxylic acid groups (broad SMARTS) is 2. The number of nitrogens with two attached hydrogens (primary N) is 4. The fraction of sp³-hybridized carbons (Fsp3) is 0.632. The van der Waals surface area contributed by atoms with E-state index in [0.29, 0.717) is 0 Å². The molecule has 0 aliphatic carbocycles. The Balaban J connectivity index is 5.65. The van der Waals surface area contributed by atoms with E-state index in [4.69, 9.17) is 33.1 Å². The molecule has 0 saturated carbocycles. The molecule has 0 rings (SSSR count). The van der Waals surface area contributed by atoms with Crippen LogP contribution in [0.3, 0.4) is 0 Å². The molecule has 0 aromatic carbocycles. The van der Waals surface area contributed by atoms with Crippen molar-refractivity contribution in [1.29, 1.82) is 0 Å². The van der Waals surface area contributed by atoms with Crippen molar-refractivity contribution in [2.45, 2.75) is 63.7 Å². The van der Waals surface area contributed by atoms with Crippen LogP contribution in [0.5, 0.6) is 0 Å². The molecule has 0 spiro atoms. The van der Waals surface area contributed by atoms with E-state index < -0.39 is 72.6 Å². The molecule has 16 heteroatoms.